The van der Waals surface area contributed by atoms with Gasteiger partial charge in [-0.15, -0.1) is 0 Å². The summed E-state index contributed by atoms with van der Waals surface area (Å²) in [4.78, 5) is 26.8. The normalized spacial score (nSPS) is 18.4. The van der Waals surface area contributed by atoms with Gasteiger partial charge in [-0.3, -0.25) is 0 Å². The molecule has 0 radical (unpaired) electrons. The van der Waals surface area contributed by atoms with Gasteiger partial charge in [0.05, 0.1) is 19.3 Å². The first-order valence-electron chi connectivity index (χ1n) is 11.6. The number of morpholine rings is 1. The Balaban J connectivity index is 1.46. The third kappa shape index (κ3) is 3.76. The van der Waals surface area contributed by atoms with Crippen molar-refractivity contribution in [2.45, 2.75) is 26.3 Å². The molecule has 8 nitrogen and oxygen atoms in total. The minimum absolute atomic E-state index is 0.0950. The van der Waals surface area contributed by atoms with Gasteiger partial charge in [-0.2, -0.15) is 9.97 Å². The zero-order chi connectivity index (χ0) is 23.2. The summed E-state index contributed by atoms with van der Waals surface area (Å²) < 4.78 is 5.49. The van der Waals surface area contributed by atoms with Crippen LogP contribution in [-0.4, -0.2) is 57.8 Å². The highest BCUT2D eigenvalue weighted by molar-refractivity contribution is 6.31. The Morgan fingerprint density at radius 3 is 2.53 bits per heavy atom. The number of aromatic nitrogens is 5. The Morgan fingerprint density at radius 2 is 1.79 bits per heavy atom. The van der Waals surface area contributed by atoms with Crippen molar-refractivity contribution in [2.75, 3.05) is 42.6 Å². The molecule has 0 saturated carbocycles. The highest BCUT2D eigenvalue weighted by Crippen LogP contribution is 2.40. The molecule has 5 heterocycles. The zero-order valence-electron chi connectivity index (χ0n) is 19.3. The van der Waals surface area contributed by atoms with Crippen molar-refractivity contribution < 1.29 is 4.74 Å². The van der Waals surface area contributed by atoms with Gasteiger partial charge in [0.2, 0.25) is 5.95 Å². The quantitative estimate of drug-likeness (QED) is 0.479. The van der Waals surface area contributed by atoms with E-state index in [1.54, 1.807) is 0 Å². The average Bonchev–Trinajstić information content (AvgIpc) is 3.21. The SMILES string of the molecule is Cc1nc(C)nc(N2CCc3c([nH]c4ccc(Cl)cc34)C2c2ccc(N3CCOCC3)nc2)n1. The van der Waals surface area contributed by atoms with E-state index in [-0.39, 0.29) is 6.04 Å². The number of nitrogens with one attached hydrogen (secondary N) is 1. The van der Waals surface area contributed by atoms with Gasteiger partial charge in [-0.25, -0.2) is 9.97 Å². The van der Waals surface area contributed by atoms with Crippen LogP contribution in [0.5, 0.6) is 0 Å². The van der Waals surface area contributed by atoms with Gasteiger partial charge >= 0.3 is 0 Å². The lowest BCUT2D eigenvalue weighted by atomic mass is 9.93. The van der Waals surface area contributed by atoms with Gasteiger partial charge in [-0.05, 0) is 55.7 Å². The summed E-state index contributed by atoms with van der Waals surface area (Å²) in [5.41, 5.74) is 4.60. The highest BCUT2D eigenvalue weighted by atomic mass is 35.5. The second kappa shape index (κ2) is 8.52. The highest BCUT2D eigenvalue weighted by Gasteiger charge is 2.34. The van der Waals surface area contributed by atoms with E-state index < -0.39 is 0 Å². The van der Waals surface area contributed by atoms with Crippen LogP contribution >= 0.6 is 11.6 Å². The Hall–Kier alpha value is -3.23. The number of anilines is 2. The number of fused-ring (bicyclic) bond motifs is 3. The standard InChI is InChI=1S/C25H26ClN7O/c1-15-28-16(2)30-25(29-15)33-8-7-19-20-13-18(26)4-5-21(20)31-23(19)24(33)17-3-6-22(27-14-17)32-9-11-34-12-10-32/h3-6,13-14,24,31H,7-12H2,1-2H3. The van der Waals surface area contributed by atoms with Gasteiger partial charge in [-0.1, -0.05) is 17.7 Å². The molecule has 34 heavy (non-hydrogen) atoms. The Labute approximate surface area is 203 Å². The van der Waals surface area contributed by atoms with Crippen LogP contribution in [0.3, 0.4) is 0 Å². The summed E-state index contributed by atoms with van der Waals surface area (Å²) in [7, 11) is 0. The van der Waals surface area contributed by atoms with Crippen LogP contribution in [-0.2, 0) is 11.2 Å². The van der Waals surface area contributed by atoms with Crippen molar-refractivity contribution in [1.29, 1.82) is 0 Å². The van der Waals surface area contributed by atoms with E-state index in [0.29, 0.717) is 5.95 Å². The molecule has 1 N–H and O–H groups in total. The number of benzene rings is 1. The third-order valence-corrected chi connectivity index (χ3v) is 6.85. The molecule has 1 fully saturated rings. The van der Waals surface area contributed by atoms with Crippen molar-refractivity contribution in [3.8, 4) is 0 Å². The molecule has 6 rings (SSSR count). The van der Waals surface area contributed by atoms with Crippen LogP contribution in [0.25, 0.3) is 10.9 Å². The molecule has 174 valence electrons. The lowest BCUT2D eigenvalue weighted by Crippen LogP contribution is -2.38. The summed E-state index contributed by atoms with van der Waals surface area (Å²) in [6, 6.07) is 10.2. The molecular formula is C25H26ClN7O. The molecule has 0 aliphatic carbocycles. The van der Waals surface area contributed by atoms with Crippen molar-refractivity contribution in [3.05, 3.63) is 70.0 Å². The lowest BCUT2D eigenvalue weighted by molar-refractivity contribution is 0.122. The molecule has 3 aromatic heterocycles. The Morgan fingerprint density at radius 1 is 1.00 bits per heavy atom. The van der Waals surface area contributed by atoms with Crippen LogP contribution in [0, 0.1) is 13.8 Å². The smallest absolute Gasteiger partial charge is 0.229 e. The fraction of sp³-hybridized carbons (Fsp3) is 0.360. The maximum absolute atomic E-state index is 6.35. The van der Waals surface area contributed by atoms with Gasteiger partial charge in [0.1, 0.15) is 17.5 Å². The summed E-state index contributed by atoms with van der Waals surface area (Å²) >= 11 is 6.35. The summed E-state index contributed by atoms with van der Waals surface area (Å²) in [6.07, 6.45) is 2.85. The molecule has 9 heteroatoms. The lowest BCUT2D eigenvalue weighted by Gasteiger charge is -2.36. The molecule has 0 spiro atoms. The van der Waals surface area contributed by atoms with E-state index in [4.69, 9.17) is 31.3 Å². The molecule has 1 unspecified atom stereocenters. The summed E-state index contributed by atoms with van der Waals surface area (Å²) in [5.74, 6) is 3.10. The van der Waals surface area contributed by atoms with Crippen molar-refractivity contribution in [1.82, 2.24) is 24.9 Å². The van der Waals surface area contributed by atoms with Crippen LogP contribution < -0.4 is 9.80 Å². The topological polar surface area (TPSA) is 83.1 Å². The molecule has 0 amide bonds. The molecule has 1 aromatic carbocycles. The number of H-pyrrole nitrogens is 1. The van der Waals surface area contributed by atoms with E-state index in [1.165, 1.54) is 10.9 Å². The van der Waals surface area contributed by atoms with Crippen LogP contribution in [0.1, 0.15) is 34.5 Å². The maximum atomic E-state index is 6.35. The Bertz CT molecular complexity index is 1330. The van der Waals surface area contributed by atoms with Gasteiger partial charge in [0.15, 0.2) is 0 Å². The minimum Gasteiger partial charge on any atom is -0.378 e. The Kier molecular flexibility index (Phi) is 5.34. The van der Waals surface area contributed by atoms with Gasteiger partial charge in [0, 0.05) is 47.5 Å². The first-order valence-corrected chi connectivity index (χ1v) is 12.0. The molecule has 2 aliphatic rings. The number of aromatic amines is 1. The second-order valence-corrected chi connectivity index (χ2v) is 9.27. The van der Waals surface area contributed by atoms with E-state index in [2.05, 4.69) is 38.0 Å². The summed E-state index contributed by atoms with van der Waals surface area (Å²) in [5, 5.41) is 1.92. The average molecular weight is 476 g/mol. The van der Waals surface area contributed by atoms with Crippen molar-refractivity contribution in [2.24, 2.45) is 0 Å². The first kappa shape index (κ1) is 21.3. The number of hydrogen-bond acceptors (Lipinski definition) is 7. The van der Waals surface area contributed by atoms with E-state index in [9.17, 15) is 0 Å². The second-order valence-electron chi connectivity index (χ2n) is 8.83. The van der Waals surface area contributed by atoms with E-state index >= 15 is 0 Å². The third-order valence-electron chi connectivity index (χ3n) is 6.61. The predicted octanol–water partition coefficient (Wildman–Crippen LogP) is 4.01. The van der Waals surface area contributed by atoms with Crippen molar-refractivity contribution >= 4 is 34.3 Å². The molecule has 4 aromatic rings. The number of halogens is 1. The first-order chi connectivity index (χ1) is 16.6. The number of pyridine rings is 1. The van der Waals surface area contributed by atoms with Crippen LogP contribution in [0.2, 0.25) is 5.02 Å². The molecule has 2 aliphatic heterocycles. The largest absolute Gasteiger partial charge is 0.378 e. The number of hydrogen-bond donors (Lipinski definition) is 1. The fourth-order valence-corrected chi connectivity index (χ4v) is 5.26. The number of rotatable bonds is 3. The predicted molar refractivity (Wildman–Crippen MR) is 133 cm³/mol. The van der Waals surface area contributed by atoms with Crippen LogP contribution in [0.4, 0.5) is 11.8 Å². The fourth-order valence-electron chi connectivity index (χ4n) is 5.09. The minimum atomic E-state index is -0.0950. The van der Waals surface area contributed by atoms with Gasteiger partial charge < -0.3 is 19.5 Å². The monoisotopic (exact) mass is 475 g/mol. The van der Waals surface area contributed by atoms with E-state index in [0.717, 1.165) is 78.5 Å². The van der Waals surface area contributed by atoms with Gasteiger partial charge in [0.25, 0.3) is 0 Å². The zero-order valence-corrected chi connectivity index (χ0v) is 20.0. The van der Waals surface area contributed by atoms with Crippen molar-refractivity contribution in [3.63, 3.8) is 0 Å². The maximum Gasteiger partial charge on any atom is 0.229 e. The number of nitrogens with zero attached hydrogens (tertiary/aromatic N) is 6. The van der Waals surface area contributed by atoms with E-state index in [1.807, 2.05) is 32.2 Å². The number of aryl methyl sites for hydroxylation is 2. The van der Waals surface area contributed by atoms with Crippen LogP contribution in [0.15, 0.2) is 36.5 Å². The molecule has 0 bridgehead atoms. The molecular weight excluding hydrogens is 450 g/mol. The molecule has 1 saturated heterocycles. The number of ether oxygens (including phenoxy) is 1. The summed E-state index contributed by atoms with van der Waals surface area (Å²) in [6.45, 7) is 7.79. The molecule has 1 atom stereocenters.